The van der Waals surface area contributed by atoms with Crippen LogP contribution < -0.4 is 4.74 Å². The predicted molar refractivity (Wildman–Crippen MR) is 166 cm³/mol. The minimum atomic E-state index is -0.469. The molecule has 1 aromatic heterocycles. The van der Waals surface area contributed by atoms with Gasteiger partial charge in [-0.05, 0) is 49.5 Å². The lowest BCUT2D eigenvalue weighted by Crippen LogP contribution is -2.19. The number of ketones is 4. The highest BCUT2D eigenvalue weighted by Gasteiger charge is 2.17. The second kappa shape index (κ2) is 17.3. The van der Waals surface area contributed by atoms with Gasteiger partial charge in [0.05, 0.1) is 12.7 Å². The molecule has 0 unspecified atom stereocenters. The Bertz CT molecular complexity index is 1580. The maximum absolute atomic E-state index is 13.0. The largest absolute Gasteiger partial charge is 0.496 e. The van der Waals surface area contributed by atoms with Gasteiger partial charge in [-0.3, -0.25) is 19.2 Å². The number of hydrogen-bond donors (Lipinski definition) is 0. The molecule has 0 N–H and O–H groups in total. The first-order valence-corrected chi connectivity index (χ1v) is 14.3. The Balaban J connectivity index is 0.000000249. The van der Waals surface area contributed by atoms with Gasteiger partial charge in [0, 0.05) is 55.7 Å². The Labute approximate surface area is 256 Å². The third-order valence-electron chi connectivity index (χ3n) is 6.83. The van der Waals surface area contributed by atoms with Crippen molar-refractivity contribution >= 4 is 23.1 Å². The maximum atomic E-state index is 13.0. The fraction of sp³-hybridized carbons (Fsp3) is 0.257. The summed E-state index contributed by atoms with van der Waals surface area (Å²) in [5.41, 5.74) is 2.50. The zero-order valence-corrected chi connectivity index (χ0v) is 25.2. The van der Waals surface area contributed by atoms with Crippen molar-refractivity contribution in [1.82, 2.24) is 14.9 Å². The number of carbonyl (C=O) groups is 4. The highest BCUT2D eigenvalue weighted by molar-refractivity contribution is 6.04. The zero-order chi connectivity index (χ0) is 31.9. The second-order valence-corrected chi connectivity index (χ2v) is 9.96. The standard InChI is InChI=1S/C21H25NO3.C14H11FN2O2/c1-4-22(2)15-16-9-5-6-10-17(16)19(23)13-14-20(24)18-11-7-8-12-21(18)25-3;15-11-4-1-3-10(9-11)12(18)5-6-13(19)14-16-7-2-8-17-14/h5-12H,4,13-15H2,1-3H3;1-4,7-9H,5-6H2. The summed E-state index contributed by atoms with van der Waals surface area (Å²) in [5.74, 6) is -0.477. The van der Waals surface area contributed by atoms with Gasteiger partial charge >= 0.3 is 0 Å². The molecule has 0 saturated heterocycles. The Morgan fingerprint density at radius 3 is 1.98 bits per heavy atom. The van der Waals surface area contributed by atoms with Crippen molar-refractivity contribution in [2.45, 2.75) is 39.2 Å². The van der Waals surface area contributed by atoms with E-state index >= 15 is 0 Å². The molecule has 0 atom stereocenters. The van der Waals surface area contributed by atoms with Crippen molar-refractivity contribution in [2.24, 2.45) is 0 Å². The molecule has 8 nitrogen and oxygen atoms in total. The molecule has 0 bridgehead atoms. The molecule has 0 aliphatic carbocycles. The molecular weight excluding hydrogens is 561 g/mol. The summed E-state index contributed by atoms with van der Waals surface area (Å²) in [7, 11) is 3.56. The minimum Gasteiger partial charge on any atom is -0.496 e. The van der Waals surface area contributed by atoms with Gasteiger partial charge in [-0.25, -0.2) is 14.4 Å². The lowest BCUT2D eigenvalue weighted by molar-refractivity contribution is 0.0912. The molecule has 1 heterocycles. The number of Topliss-reactive ketones (excluding diaryl/α,β-unsaturated/α-hetero) is 4. The zero-order valence-electron chi connectivity index (χ0n) is 25.2. The van der Waals surface area contributed by atoms with E-state index in [9.17, 15) is 23.6 Å². The van der Waals surface area contributed by atoms with Gasteiger partial charge < -0.3 is 9.64 Å². The van der Waals surface area contributed by atoms with Gasteiger partial charge in [-0.1, -0.05) is 55.5 Å². The molecule has 3 aromatic carbocycles. The van der Waals surface area contributed by atoms with Crippen LogP contribution in [0, 0.1) is 5.82 Å². The van der Waals surface area contributed by atoms with Crippen LogP contribution in [0.25, 0.3) is 0 Å². The van der Waals surface area contributed by atoms with Crippen LogP contribution in [0.2, 0.25) is 0 Å². The maximum Gasteiger partial charge on any atom is 0.200 e. The minimum absolute atomic E-state index is 0.00310. The molecule has 9 heteroatoms. The molecule has 0 amide bonds. The summed E-state index contributed by atoms with van der Waals surface area (Å²) in [6.07, 6.45) is 3.34. The summed E-state index contributed by atoms with van der Waals surface area (Å²) >= 11 is 0. The summed E-state index contributed by atoms with van der Waals surface area (Å²) < 4.78 is 18.2. The van der Waals surface area contributed by atoms with Crippen LogP contribution in [0.5, 0.6) is 5.75 Å². The van der Waals surface area contributed by atoms with Crippen molar-refractivity contribution in [2.75, 3.05) is 20.7 Å². The van der Waals surface area contributed by atoms with E-state index in [1.165, 1.54) is 37.7 Å². The Morgan fingerprint density at radius 2 is 1.32 bits per heavy atom. The number of nitrogens with zero attached hydrogens (tertiary/aromatic N) is 3. The second-order valence-electron chi connectivity index (χ2n) is 9.96. The molecule has 0 saturated carbocycles. The number of carbonyl (C=O) groups excluding carboxylic acids is 4. The van der Waals surface area contributed by atoms with E-state index in [0.717, 1.165) is 24.7 Å². The highest BCUT2D eigenvalue weighted by atomic mass is 19.1. The summed E-state index contributed by atoms with van der Waals surface area (Å²) in [6.45, 7) is 3.71. The van der Waals surface area contributed by atoms with Crippen molar-refractivity contribution in [3.63, 3.8) is 0 Å². The number of halogens is 1. The molecule has 4 aromatic rings. The SMILES string of the molecule is CCN(C)Cc1ccccc1C(=O)CCC(=O)c1ccccc1OC.O=C(CCC(=O)c1ncccn1)c1cccc(F)c1. The van der Waals surface area contributed by atoms with E-state index in [1.807, 2.05) is 37.4 Å². The fourth-order valence-electron chi connectivity index (χ4n) is 4.29. The van der Waals surface area contributed by atoms with Gasteiger partial charge in [0.25, 0.3) is 0 Å². The molecule has 228 valence electrons. The first-order valence-electron chi connectivity index (χ1n) is 14.3. The number of rotatable bonds is 14. The van der Waals surface area contributed by atoms with E-state index in [0.29, 0.717) is 16.9 Å². The number of methoxy groups -OCH3 is 1. The van der Waals surface area contributed by atoms with E-state index in [4.69, 9.17) is 4.74 Å². The van der Waals surface area contributed by atoms with Gasteiger partial charge in [-0.15, -0.1) is 0 Å². The quantitative estimate of drug-likeness (QED) is 0.153. The topological polar surface area (TPSA) is 107 Å². The summed E-state index contributed by atoms with van der Waals surface area (Å²) in [5, 5.41) is 0. The van der Waals surface area contributed by atoms with E-state index in [1.54, 1.807) is 24.3 Å². The average molecular weight is 598 g/mol. The van der Waals surface area contributed by atoms with Crippen LogP contribution in [-0.2, 0) is 6.54 Å². The van der Waals surface area contributed by atoms with Crippen LogP contribution in [0.3, 0.4) is 0 Å². The lowest BCUT2D eigenvalue weighted by Gasteiger charge is -2.16. The molecule has 0 aliphatic rings. The lowest BCUT2D eigenvalue weighted by atomic mass is 9.97. The third-order valence-corrected chi connectivity index (χ3v) is 6.83. The Hall–Kier alpha value is -4.89. The van der Waals surface area contributed by atoms with Gasteiger partial charge in [0.2, 0.25) is 0 Å². The number of ether oxygens (including phenoxy) is 1. The number of aromatic nitrogens is 2. The first-order chi connectivity index (χ1) is 21.2. The van der Waals surface area contributed by atoms with E-state index < -0.39 is 5.82 Å². The van der Waals surface area contributed by atoms with Crippen molar-refractivity contribution in [1.29, 1.82) is 0 Å². The first kappa shape index (κ1) is 33.6. The Kier molecular flexibility index (Phi) is 13.2. The average Bonchev–Trinajstić information content (AvgIpc) is 3.06. The molecule has 0 fully saturated rings. The van der Waals surface area contributed by atoms with Crippen LogP contribution in [0.4, 0.5) is 4.39 Å². The Morgan fingerprint density at radius 1 is 0.727 bits per heavy atom. The smallest absolute Gasteiger partial charge is 0.200 e. The van der Waals surface area contributed by atoms with E-state index in [2.05, 4.69) is 21.8 Å². The van der Waals surface area contributed by atoms with Crippen LogP contribution in [-0.4, -0.2) is 58.7 Å². The number of hydrogen-bond acceptors (Lipinski definition) is 8. The molecule has 44 heavy (non-hydrogen) atoms. The van der Waals surface area contributed by atoms with E-state index in [-0.39, 0.29) is 60.2 Å². The van der Waals surface area contributed by atoms with Gasteiger partial charge in [0.1, 0.15) is 11.6 Å². The third kappa shape index (κ3) is 10.1. The van der Waals surface area contributed by atoms with Crippen LogP contribution in [0.15, 0.2) is 91.3 Å². The molecule has 4 rings (SSSR count). The van der Waals surface area contributed by atoms with Crippen molar-refractivity contribution in [3.05, 3.63) is 125 Å². The van der Waals surface area contributed by atoms with Gasteiger partial charge in [-0.2, -0.15) is 0 Å². The van der Waals surface area contributed by atoms with Crippen molar-refractivity contribution < 1.29 is 28.3 Å². The van der Waals surface area contributed by atoms with Crippen LogP contribution >= 0.6 is 0 Å². The van der Waals surface area contributed by atoms with Gasteiger partial charge in [0.15, 0.2) is 29.0 Å². The molecule has 0 spiro atoms. The summed E-state index contributed by atoms with van der Waals surface area (Å²) in [6, 6.07) is 21.7. The van der Waals surface area contributed by atoms with Crippen LogP contribution in [0.1, 0.15) is 79.9 Å². The highest BCUT2D eigenvalue weighted by Crippen LogP contribution is 2.21. The molecule has 0 radical (unpaired) electrons. The fourth-order valence-corrected chi connectivity index (χ4v) is 4.29. The normalized spacial score (nSPS) is 10.5. The van der Waals surface area contributed by atoms with Crippen molar-refractivity contribution in [3.8, 4) is 5.75 Å². The monoisotopic (exact) mass is 597 g/mol. The number of para-hydroxylation sites is 1. The molecule has 0 aliphatic heterocycles. The number of benzene rings is 3. The molecular formula is C35H36FN3O5. The predicted octanol–water partition coefficient (Wildman–Crippen LogP) is 6.45. The summed E-state index contributed by atoms with van der Waals surface area (Å²) in [4.78, 5) is 58.3.